The van der Waals surface area contributed by atoms with Gasteiger partial charge in [0.25, 0.3) is 0 Å². The lowest BCUT2D eigenvalue weighted by Gasteiger charge is -2.50. The first-order chi connectivity index (χ1) is 6.06. The minimum Gasteiger partial charge on any atom is -0.379 e. The van der Waals surface area contributed by atoms with Gasteiger partial charge in [0.05, 0.1) is 18.6 Å². The van der Waals surface area contributed by atoms with Crippen molar-refractivity contribution in [2.45, 2.75) is 24.8 Å². The lowest BCUT2D eigenvalue weighted by atomic mass is 9.69. The van der Waals surface area contributed by atoms with Crippen LogP contribution >= 0.6 is 11.3 Å². The molecule has 1 aromatic heterocycles. The quantitative estimate of drug-likeness (QED) is 0.784. The summed E-state index contributed by atoms with van der Waals surface area (Å²) >= 11 is 1.77. The number of ether oxygens (including phenoxy) is 1. The van der Waals surface area contributed by atoms with Crippen LogP contribution in [0.5, 0.6) is 0 Å². The fourth-order valence-electron chi connectivity index (χ4n) is 1.69. The molecule has 13 heavy (non-hydrogen) atoms. The molecule has 0 radical (unpaired) electrons. The largest absolute Gasteiger partial charge is 0.379 e. The third-order valence-electron chi connectivity index (χ3n) is 2.92. The second-order valence-electron chi connectivity index (χ2n) is 4.27. The number of rotatable bonds is 2. The van der Waals surface area contributed by atoms with E-state index in [4.69, 9.17) is 10.5 Å². The first-order valence-electron chi connectivity index (χ1n) is 4.47. The van der Waals surface area contributed by atoms with Gasteiger partial charge in [-0.15, -0.1) is 11.3 Å². The average molecular weight is 197 g/mol. The van der Waals surface area contributed by atoms with E-state index in [-0.39, 0.29) is 11.0 Å². The molecule has 1 aliphatic heterocycles. The molecule has 2 nitrogen and oxygen atoms in total. The number of hydrogen-bond acceptors (Lipinski definition) is 3. The van der Waals surface area contributed by atoms with Gasteiger partial charge in [-0.25, -0.2) is 0 Å². The molecule has 72 valence electrons. The SMILES string of the molecule is CC(C)(N)C1(c2cccs2)COC1. The summed E-state index contributed by atoms with van der Waals surface area (Å²) in [6, 6.07) is 4.23. The van der Waals surface area contributed by atoms with Crippen molar-refractivity contribution >= 4 is 11.3 Å². The van der Waals surface area contributed by atoms with Crippen molar-refractivity contribution in [3.05, 3.63) is 22.4 Å². The summed E-state index contributed by atoms with van der Waals surface area (Å²) in [6.07, 6.45) is 0. The Hall–Kier alpha value is -0.380. The Labute approximate surface area is 82.7 Å². The summed E-state index contributed by atoms with van der Waals surface area (Å²) in [6.45, 7) is 5.68. The summed E-state index contributed by atoms with van der Waals surface area (Å²) in [5, 5.41) is 2.10. The monoisotopic (exact) mass is 197 g/mol. The molecule has 0 bridgehead atoms. The van der Waals surface area contributed by atoms with Gasteiger partial charge in [-0.1, -0.05) is 6.07 Å². The summed E-state index contributed by atoms with van der Waals surface area (Å²) in [5.74, 6) is 0. The van der Waals surface area contributed by atoms with Crippen LogP contribution in [0, 0.1) is 0 Å². The Bertz CT molecular complexity index is 282. The summed E-state index contributed by atoms with van der Waals surface area (Å²) in [7, 11) is 0. The normalized spacial score (nSPS) is 21.2. The van der Waals surface area contributed by atoms with Gasteiger partial charge in [0.1, 0.15) is 0 Å². The lowest BCUT2D eigenvalue weighted by molar-refractivity contribution is -0.0899. The highest BCUT2D eigenvalue weighted by atomic mass is 32.1. The molecule has 1 aromatic rings. The van der Waals surface area contributed by atoms with Gasteiger partial charge in [0, 0.05) is 10.4 Å². The first-order valence-corrected chi connectivity index (χ1v) is 5.35. The van der Waals surface area contributed by atoms with Crippen LogP contribution < -0.4 is 5.73 Å². The molecule has 0 aliphatic carbocycles. The van der Waals surface area contributed by atoms with Crippen LogP contribution in [0.15, 0.2) is 17.5 Å². The van der Waals surface area contributed by atoms with E-state index in [0.29, 0.717) is 0 Å². The molecular weight excluding hydrogens is 182 g/mol. The van der Waals surface area contributed by atoms with Crippen molar-refractivity contribution in [2.24, 2.45) is 5.73 Å². The van der Waals surface area contributed by atoms with E-state index in [9.17, 15) is 0 Å². The lowest BCUT2D eigenvalue weighted by Crippen LogP contribution is -2.64. The second-order valence-corrected chi connectivity index (χ2v) is 5.22. The molecule has 1 aliphatic rings. The van der Waals surface area contributed by atoms with Gasteiger partial charge < -0.3 is 10.5 Å². The van der Waals surface area contributed by atoms with Crippen molar-refractivity contribution < 1.29 is 4.74 Å². The predicted octanol–water partition coefficient (Wildman–Crippen LogP) is 1.75. The second kappa shape index (κ2) is 2.80. The molecule has 2 N–H and O–H groups in total. The van der Waals surface area contributed by atoms with Gasteiger partial charge in [-0.05, 0) is 25.3 Å². The summed E-state index contributed by atoms with van der Waals surface area (Å²) in [5.41, 5.74) is 6.05. The van der Waals surface area contributed by atoms with Gasteiger partial charge in [0.2, 0.25) is 0 Å². The maximum absolute atomic E-state index is 6.19. The Morgan fingerprint density at radius 1 is 1.54 bits per heavy atom. The third-order valence-corrected chi connectivity index (χ3v) is 4.00. The molecule has 3 heteroatoms. The molecular formula is C10H15NOS. The van der Waals surface area contributed by atoms with E-state index in [0.717, 1.165) is 13.2 Å². The van der Waals surface area contributed by atoms with Crippen LogP contribution in [0.25, 0.3) is 0 Å². The van der Waals surface area contributed by atoms with Gasteiger partial charge >= 0.3 is 0 Å². The Morgan fingerprint density at radius 3 is 2.54 bits per heavy atom. The van der Waals surface area contributed by atoms with Crippen molar-refractivity contribution in [1.29, 1.82) is 0 Å². The zero-order valence-corrected chi connectivity index (χ0v) is 8.86. The van der Waals surface area contributed by atoms with Gasteiger partial charge in [0.15, 0.2) is 0 Å². The minimum absolute atomic E-state index is 0.0567. The van der Waals surface area contributed by atoms with E-state index in [1.165, 1.54) is 4.88 Å². The molecule has 0 aromatic carbocycles. The standard InChI is InChI=1S/C10H15NOS/c1-9(2,11)10(6-12-7-10)8-4-3-5-13-8/h3-5H,6-7,11H2,1-2H3. The first kappa shape index (κ1) is 9.19. The maximum Gasteiger partial charge on any atom is 0.0687 e. The molecule has 0 atom stereocenters. The molecule has 1 fully saturated rings. The van der Waals surface area contributed by atoms with Crippen LogP contribution in [0.1, 0.15) is 18.7 Å². The maximum atomic E-state index is 6.19. The van der Waals surface area contributed by atoms with Gasteiger partial charge in [-0.3, -0.25) is 0 Å². The fraction of sp³-hybridized carbons (Fsp3) is 0.600. The summed E-state index contributed by atoms with van der Waals surface area (Å²) in [4.78, 5) is 1.35. The van der Waals surface area contributed by atoms with Crippen LogP contribution in [0.4, 0.5) is 0 Å². The van der Waals surface area contributed by atoms with Crippen LogP contribution in [0.3, 0.4) is 0 Å². The van der Waals surface area contributed by atoms with Crippen molar-refractivity contribution in [3.8, 4) is 0 Å². The zero-order chi connectivity index (χ0) is 9.53. The van der Waals surface area contributed by atoms with Crippen molar-refractivity contribution in [3.63, 3.8) is 0 Å². The Balaban J connectivity index is 2.37. The van der Waals surface area contributed by atoms with Crippen LogP contribution in [-0.4, -0.2) is 18.8 Å². The molecule has 0 saturated carbocycles. The average Bonchev–Trinajstić information content (AvgIpc) is 2.32. The summed E-state index contributed by atoms with van der Waals surface area (Å²) < 4.78 is 5.32. The van der Waals surface area contributed by atoms with E-state index in [1.54, 1.807) is 11.3 Å². The van der Waals surface area contributed by atoms with E-state index < -0.39 is 0 Å². The van der Waals surface area contributed by atoms with Crippen molar-refractivity contribution in [2.75, 3.05) is 13.2 Å². The third kappa shape index (κ3) is 1.23. The minimum atomic E-state index is -0.198. The van der Waals surface area contributed by atoms with Crippen LogP contribution in [-0.2, 0) is 10.2 Å². The number of nitrogens with two attached hydrogens (primary N) is 1. The highest BCUT2D eigenvalue weighted by Gasteiger charge is 2.50. The highest BCUT2D eigenvalue weighted by Crippen LogP contribution is 2.42. The Kier molecular flexibility index (Phi) is 1.98. The smallest absolute Gasteiger partial charge is 0.0687 e. The fourth-order valence-corrected chi connectivity index (χ4v) is 2.76. The molecule has 1 saturated heterocycles. The van der Waals surface area contributed by atoms with Crippen LogP contribution in [0.2, 0.25) is 0 Å². The number of hydrogen-bond donors (Lipinski definition) is 1. The van der Waals surface area contributed by atoms with Gasteiger partial charge in [-0.2, -0.15) is 0 Å². The molecule has 0 amide bonds. The van der Waals surface area contributed by atoms with E-state index >= 15 is 0 Å². The molecule has 0 unspecified atom stereocenters. The van der Waals surface area contributed by atoms with E-state index in [1.807, 2.05) is 0 Å². The number of thiophene rings is 1. The Morgan fingerprint density at radius 2 is 2.23 bits per heavy atom. The molecule has 2 heterocycles. The van der Waals surface area contributed by atoms with E-state index in [2.05, 4.69) is 31.4 Å². The highest BCUT2D eigenvalue weighted by molar-refractivity contribution is 7.10. The topological polar surface area (TPSA) is 35.2 Å². The molecule has 2 rings (SSSR count). The predicted molar refractivity (Wildman–Crippen MR) is 55.1 cm³/mol. The zero-order valence-electron chi connectivity index (χ0n) is 8.04. The van der Waals surface area contributed by atoms with Crippen molar-refractivity contribution in [1.82, 2.24) is 0 Å². The molecule has 0 spiro atoms.